The van der Waals surface area contributed by atoms with Crippen molar-refractivity contribution in [2.24, 2.45) is 0 Å². The molecule has 0 saturated heterocycles. The van der Waals surface area contributed by atoms with Crippen molar-refractivity contribution in [1.29, 1.82) is 0 Å². The summed E-state index contributed by atoms with van der Waals surface area (Å²) in [7, 11) is 0. The fraction of sp³-hybridized carbons (Fsp3) is 0.222. The van der Waals surface area contributed by atoms with E-state index in [9.17, 15) is 4.79 Å². The van der Waals surface area contributed by atoms with Crippen LogP contribution in [0.3, 0.4) is 0 Å². The summed E-state index contributed by atoms with van der Waals surface area (Å²) in [6.07, 6.45) is 4.36. The zero-order valence-electron chi connectivity index (χ0n) is 14.1. The molecule has 1 N–H and O–H groups in total. The van der Waals surface area contributed by atoms with E-state index < -0.39 is 0 Å². The number of aryl methyl sites for hydroxylation is 1. The maximum absolute atomic E-state index is 12.1. The van der Waals surface area contributed by atoms with E-state index in [1.165, 1.54) is 0 Å². The smallest absolute Gasteiger partial charge is 0.286 e. The van der Waals surface area contributed by atoms with Gasteiger partial charge in [0, 0.05) is 19.3 Å². The van der Waals surface area contributed by atoms with Gasteiger partial charge in [0.15, 0.2) is 5.76 Å². The fourth-order valence-electron chi connectivity index (χ4n) is 2.31. The number of carbonyl (C=O) groups excluding carboxylic acids is 1. The van der Waals surface area contributed by atoms with E-state index >= 15 is 0 Å². The number of benzene rings is 1. The number of nitrogens with zero attached hydrogens (tertiary/aromatic N) is 2. The number of amides is 1. The van der Waals surface area contributed by atoms with E-state index in [0.717, 1.165) is 10.9 Å². The van der Waals surface area contributed by atoms with Crippen molar-refractivity contribution < 1.29 is 13.9 Å². The summed E-state index contributed by atoms with van der Waals surface area (Å²) in [6.45, 7) is 1.37. The second kappa shape index (κ2) is 9.30. The van der Waals surface area contributed by atoms with Crippen molar-refractivity contribution in [3.63, 3.8) is 0 Å². The second-order valence-corrected chi connectivity index (χ2v) is 7.34. The van der Waals surface area contributed by atoms with Gasteiger partial charge in [0.1, 0.15) is 23.1 Å². The lowest BCUT2D eigenvalue weighted by Crippen LogP contribution is -2.24. The van der Waals surface area contributed by atoms with Crippen LogP contribution in [-0.2, 0) is 13.2 Å². The van der Waals surface area contributed by atoms with Crippen molar-refractivity contribution >= 4 is 45.0 Å². The monoisotopic (exact) mass is 471 g/mol. The van der Waals surface area contributed by atoms with Crippen LogP contribution in [-0.4, -0.2) is 22.2 Å². The zero-order valence-corrected chi connectivity index (χ0v) is 17.2. The van der Waals surface area contributed by atoms with Gasteiger partial charge in [0.05, 0.1) is 15.7 Å². The summed E-state index contributed by atoms with van der Waals surface area (Å²) in [5, 5.41) is 7.73. The van der Waals surface area contributed by atoms with E-state index in [1.807, 2.05) is 6.20 Å². The molecular weight excluding hydrogens is 457 g/mol. The molecular formula is C18H16BrCl2N3O3. The maximum atomic E-state index is 12.1. The molecule has 0 aliphatic heterocycles. The Balaban J connectivity index is 1.45. The Morgan fingerprint density at radius 1 is 1.30 bits per heavy atom. The predicted molar refractivity (Wildman–Crippen MR) is 106 cm³/mol. The van der Waals surface area contributed by atoms with Gasteiger partial charge in [-0.1, -0.05) is 29.3 Å². The fourth-order valence-corrected chi connectivity index (χ4v) is 2.99. The molecule has 9 heteroatoms. The summed E-state index contributed by atoms with van der Waals surface area (Å²) in [6, 6.07) is 8.43. The highest BCUT2D eigenvalue weighted by Gasteiger charge is 2.12. The van der Waals surface area contributed by atoms with Crippen molar-refractivity contribution in [3.8, 4) is 5.75 Å². The van der Waals surface area contributed by atoms with E-state index in [2.05, 4.69) is 26.3 Å². The lowest BCUT2D eigenvalue weighted by Gasteiger charge is -2.07. The Bertz CT molecular complexity index is 926. The van der Waals surface area contributed by atoms with Crippen LogP contribution in [0.1, 0.15) is 22.7 Å². The van der Waals surface area contributed by atoms with Crippen LogP contribution in [0.4, 0.5) is 0 Å². The van der Waals surface area contributed by atoms with Crippen molar-refractivity contribution in [3.05, 3.63) is 68.8 Å². The van der Waals surface area contributed by atoms with Gasteiger partial charge >= 0.3 is 0 Å². The first kappa shape index (κ1) is 19.8. The molecule has 0 bridgehead atoms. The third-order valence-corrected chi connectivity index (χ3v) is 4.83. The Hall–Kier alpha value is -1.96. The number of ether oxygens (including phenoxy) is 1. The average molecular weight is 473 g/mol. The second-order valence-electron chi connectivity index (χ2n) is 5.64. The highest BCUT2D eigenvalue weighted by atomic mass is 79.9. The third-order valence-electron chi connectivity index (χ3n) is 3.62. The first-order valence-corrected chi connectivity index (χ1v) is 9.69. The largest absolute Gasteiger partial charge is 0.484 e. The van der Waals surface area contributed by atoms with E-state index in [1.54, 1.807) is 41.2 Å². The molecule has 0 saturated carbocycles. The summed E-state index contributed by atoms with van der Waals surface area (Å²) in [5.41, 5.74) is 0. The van der Waals surface area contributed by atoms with Gasteiger partial charge < -0.3 is 14.5 Å². The Labute approximate surface area is 174 Å². The number of aromatic nitrogens is 2. The molecule has 0 aliphatic rings. The first-order valence-electron chi connectivity index (χ1n) is 8.14. The van der Waals surface area contributed by atoms with Crippen molar-refractivity contribution in [1.82, 2.24) is 15.1 Å². The molecule has 27 heavy (non-hydrogen) atoms. The van der Waals surface area contributed by atoms with Crippen molar-refractivity contribution in [2.45, 2.75) is 19.6 Å². The van der Waals surface area contributed by atoms with Crippen LogP contribution >= 0.6 is 39.1 Å². The highest BCUT2D eigenvalue weighted by Crippen LogP contribution is 2.32. The molecule has 0 fully saturated rings. The minimum atomic E-state index is -0.274. The van der Waals surface area contributed by atoms with E-state index in [4.69, 9.17) is 32.4 Å². The number of hydrogen-bond donors (Lipinski definition) is 1. The quantitative estimate of drug-likeness (QED) is 0.471. The van der Waals surface area contributed by atoms with Gasteiger partial charge in [0.25, 0.3) is 5.91 Å². The molecule has 0 atom stereocenters. The number of carbonyl (C=O) groups is 1. The third kappa shape index (κ3) is 5.51. The summed E-state index contributed by atoms with van der Waals surface area (Å²) in [5.74, 6) is 0.922. The lowest BCUT2D eigenvalue weighted by atomic mass is 10.3. The number of rotatable bonds is 8. The Morgan fingerprint density at radius 3 is 2.93 bits per heavy atom. The summed E-state index contributed by atoms with van der Waals surface area (Å²) < 4.78 is 13.8. The molecule has 1 amide bonds. The molecule has 0 spiro atoms. The maximum Gasteiger partial charge on any atom is 0.286 e. The minimum Gasteiger partial charge on any atom is -0.484 e. The number of furan rings is 1. The SMILES string of the molecule is O=C(NCCCn1cc(Br)cn1)c1ccc(COc2cccc(Cl)c2Cl)o1. The Morgan fingerprint density at radius 2 is 2.15 bits per heavy atom. The molecule has 0 aliphatic carbocycles. The molecule has 2 aromatic heterocycles. The molecule has 6 nitrogen and oxygen atoms in total. The van der Waals surface area contributed by atoms with Crippen LogP contribution in [0.2, 0.25) is 10.0 Å². The van der Waals surface area contributed by atoms with Crippen LogP contribution < -0.4 is 10.1 Å². The average Bonchev–Trinajstić information content (AvgIpc) is 3.29. The number of halogens is 3. The zero-order chi connectivity index (χ0) is 19.2. The standard InChI is InChI=1S/C18H16BrCl2N3O3/c19-12-9-23-24(10-12)8-2-7-22-18(25)16-6-5-13(27-16)11-26-15-4-1-3-14(20)17(15)21/h1,3-6,9-10H,2,7-8,11H2,(H,22,25). The normalized spacial score (nSPS) is 10.8. The molecule has 142 valence electrons. The van der Waals surface area contributed by atoms with Crippen molar-refractivity contribution in [2.75, 3.05) is 6.54 Å². The molecule has 1 aromatic carbocycles. The molecule has 2 heterocycles. The van der Waals surface area contributed by atoms with Crippen LogP contribution in [0.5, 0.6) is 5.75 Å². The van der Waals surface area contributed by atoms with Gasteiger partial charge in [0.2, 0.25) is 0 Å². The van der Waals surface area contributed by atoms with Crippen LogP contribution in [0, 0.1) is 0 Å². The molecule has 3 aromatic rings. The number of hydrogen-bond acceptors (Lipinski definition) is 4. The molecule has 0 radical (unpaired) electrons. The molecule has 3 rings (SSSR count). The van der Waals surface area contributed by atoms with Gasteiger partial charge in [-0.05, 0) is 46.6 Å². The minimum absolute atomic E-state index is 0.140. The van der Waals surface area contributed by atoms with Crippen LogP contribution in [0.15, 0.2) is 51.6 Å². The molecule has 0 unspecified atom stereocenters. The predicted octanol–water partition coefficient (Wildman–Crippen LogP) is 4.94. The van der Waals surface area contributed by atoms with E-state index in [0.29, 0.717) is 34.6 Å². The summed E-state index contributed by atoms with van der Waals surface area (Å²) in [4.78, 5) is 12.1. The van der Waals surface area contributed by atoms with Gasteiger partial charge in [-0.25, -0.2) is 0 Å². The summed E-state index contributed by atoms with van der Waals surface area (Å²) >= 11 is 15.4. The first-order chi connectivity index (χ1) is 13.0. The number of nitrogens with one attached hydrogen (secondary N) is 1. The lowest BCUT2D eigenvalue weighted by molar-refractivity contribution is 0.0921. The topological polar surface area (TPSA) is 69.3 Å². The van der Waals surface area contributed by atoms with Crippen LogP contribution in [0.25, 0.3) is 0 Å². The van der Waals surface area contributed by atoms with Gasteiger partial charge in [-0.3, -0.25) is 9.48 Å². The Kier molecular flexibility index (Phi) is 6.82. The van der Waals surface area contributed by atoms with E-state index in [-0.39, 0.29) is 18.3 Å². The highest BCUT2D eigenvalue weighted by molar-refractivity contribution is 9.10. The van der Waals surface area contributed by atoms with Gasteiger partial charge in [-0.2, -0.15) is 5.10 Å². The van der Waals surface area contributed by atoms with Gasteiger partial charge in [-0.15, -0.1) is 0 Å².